The molecule has 2 atom stereocenters. The Morgan fingerprint density at radius 3 is 2.83 bits per heavy atom. The van der Waals surface area contributed by atoms with Crippen LogP contribution in [0, 0.1) is 5.92 Å². The summed E-state index contributed by atoms with van der Waals surface area (Å²) in [7, 11) is 0. The first kappa shape index (κ1) is 13.7. The van der Waals surface area contributed by atoms with Gasteiger partial charge in [-0.25, -0.2) is 0 Å². The lowest BCUT2D eigenvalue weighted by molar-refractivity contribution is 0.573. The van der Waals surface area contributed by atoms with E-state index >= 15 is 0 Å². The van der Waals surface area contributed by atoms with Crippen molar-refractivity contribution in [1.82, 2.24) is 9.97 Å². The molecule has 5 heteroatoms. The highest BCUT2D eigenvalue weighted by molar-refractivity contribution is 9.10. The summed E-state index contributed by atoms with van der Waals surface area (Å²) in [5.74, 6) is 0.545. The van der Waals surface area contributed by atoms with Crippen molar-refractivity contribution in [2.45, 2.75) is 19.9 Å². The van der Waals surface area contributed by atoms with E-state index in [2.05, 4.69) is 61.0 Å². The van der Waals surface area contributed by atoms with Crippen LogP contribution < -0.4 is 5.32 Å². The Hall–Kier alpha value is -0.680. The molecule has 0 amide bonds. The van der Waals surface area contributed by atoms with Gasteiger partial charge >= 0.3 is 0 Å². The predicted octanol–water partition coefficient (Wildman–Crippen LogP) is 4.22. The summed E-state index contributed by atoms with van der Waals surface area (Å²) in [6.45, 7) is 4.39. The Morgan fingerprint density at radius 2 is 2.11 bits per heavy atom. The van der Waals surface area contributed by atoms with E-state index in [4.69, 9.17) is 0 Å². The zero-order valence-electron chi connectivity index (χ0n) is 10.3. The standard InChI is InChI=1S/C13H15Br2N3/c1-8(6-14)9(2)18-11-3-4-16-12-5-10(15)7-17-13(11)12/h3-5,7-9H,6H2,1-2H3,(H,16,18). The van der Waals surface area contributed by atoms with Gasteiger partial charge in [-0.2, -0.15) is 0 Å². The summed E-state index contributed by atoms with van der Waals surface area (Å²) < 4.78 is 0.946. The number of nitrogens with one attached hydrogen (secondary N) is 1. The van der Waals surface area contributed by atoms with E-state index in [0.29, 0.717) is 12.0 Å². The fraction of sp³-hybridized carbons (Fsp3) is 0.385. The van der Waals surface area contributed by atoms with Crippen LogP contribution in [0.5, 0.6) is 0 Å². The smallest absolute Gasteiger partial charge is 0.112 e. The topological polar surface area (TPSA) is 37.8 Å². The zero-order chi connectivity index (χ0) is 13.1. The second-order valence-corrected chi connectivity index (χ2v) is 6.01. The number of alkyl halides is 1. The third kappa shape index (κ3) is 3.01. The van der Waals surface area contributed by atoms with Crippen LogP contribution in [0.1, 0.15) is 13.8 Å². The van der Waals surface area contributed by atoms with Gasteiger partial charge in [0.25, 0.3) is 0 Å². The first-order valence-electron chi connectivity index (χ1n) is 5.84. The first-order valence-corrected chi connectivity index (χ1v) is 7.76. The number of hydrogen-bond acceptors (Lipinski definition) is 3. The average Bonchev–Trinajstić information content (AvgIpc) is 2.37. The van der Waals surface area contributed by atoms with Crippen LogP contribution in [-0.2, 0) is 0 Å². The van der Waals surface area contributed by atoms with Gasteiger partial charge in [-0.3, -0.25) is 9.97 Å². The molecule has 0 aliphatic carbocycles. The fourth-order valence-corrected chi connectivity index (χ4v) is 2.52. The molecule has 96 valence electrons. The molecule has 0 fully saturated rings. The lowest BCUT2D eigenvalue weighted by Crippen LogP contribution is -2.24. The van der Waals surface area contributed by atoms with E-state index < -0.39 is 0 Å². The number of rotatable bonds is 4. The zero-order valence-corrected chi connectivity index (χ0v) is 13.5. The molecule has 0 saturated carbocycles. The molecule has 0 saturated heterocycles. The highest BCUT2D eigenvalue weighted by atomic mass is 79.9. The summed E-state index contributed by atoms with van der Waals surface area (Å²) in [5.41, 5.74) is 2.84. The van der Waals surface area contributed by atoms with E-state index in [1.165, 1.54) is 0 Å². The van der Waals surface area contributed by atoms with E-state index in [1.807, 2.05) is 18.3 Å². The molecule has 1 N–H and O–H groups in total. The van der Waals surface area contributed by atoms with Gasteiger partial charge in [0.2, 0.25) is 0 Å². The van der Waals surface area contributed by atoms with E-state index in [1.54, 1.807) is 6.20 Å². The first-order chi connectivity index (χ1) is 8.61. The quantitative estimate of drug-likeness (QED) is 0.816. The molecule has 0 aliphatic rings. The van der Waals surface area contributed by atoms with Crippen molar-refractivity contribution in [2.75, 3.05) is 10.6 Å². The number of pyridine rings is 2. The Labute approximate surface area is 124 Å². The predicted molar refractivity (Wildman–Crippen MR) is 83.3 cm³/mol. The number of fused-ring (bicyclic) bond motifs is 1. The van der Waals surface area contributed by atoms with Crippen LogP contribution in [0.25, 0.3) is 11.0 Å². The highest BCUT2D eigenvalue weighted by Crippen LogP contribution is 2.23. The molecular formula is C13H15Br2N3. The summed E-state index contributed by atoms with van der Waals surface area (Å²) in [6, 6.07) is 4.33. The second kappa shape index (κ2) is 5.97. The summed E-state index contributed by atoms with van der Waals surface area (Å²) in [5, 5.41) is 4.48. The average molecular weight is 373 g/mol. The third-order valence-electron chi connectivity index (χ3n) is 3.02. The van der Waals surface area contributed by atoms with Gasteiger partial charge in [-0.1, -0.05) is 22.9 Å². The molecule has 0 radical (unpaired) electrons. The minimum absolute atomic E-state index is 0.375. The number of halogens is 2. The number of nitrogens with zero attached hydrogens (tertiary/aromatic N) is 2. The fourth-order valence-electron chi connectivity index (χ4n) is 1.64. The molecule has 0 spiro atoms. The Kier molecular flexibility index (Phi) is 4.56. The van der Waals surface area contributed by atoms with Crippen LogP contribution in [-0.4, -0.2) is 21.3 Å². The van der Waals surface area contributed by atoms with Crippen LogP contribution >= 0.6 is 31.9 Å². The maximum absolute atomic E-state index is 4.44. The largest absolute Gasteiger partial charge is 0.380 e. The lowest BCUT2D eigenvalue weighted by atomic mass is 10.1. The SMILES string of the molecule is CC(CBr)C(C)Nc1ccnc2cc(Br)cnc12. The van der Waals surface area contributed by atoms with Crippen molar-refractivity contribution in [2.24, 2.45) is 5.92 Å². The van der Waals surface area contributed by atoms with Gasteiger partial charge in [0, 0.05) is 28.2 Å². The second-order valence-electron chi connectivity index (χ2n) is 4.44. The number of anilines is 1. The summed E-state index contributed by atoms with van der Waals surface area (Å²) in [6.07, 6.45) is 3.61. The van der Waals surface area contributed by atoms with Crippen molar-refractivity contribution < 1.29 is 0 Å². The molecule has 18 heavy (non-hydrogen) atoms. The molecule has 2 rings (SSSR count). The third-order valence-corrected chi connectivity index (χ3v) is 4.48. The van der Waals surface area contributed by atoms with Crippen LogP contribution in [0.3, 0.4) is 0 Å². The molecule has 2 heterocycles. The minimum Gasteiger partial charge on any atom is -0.380 e. The van der Waals surface area contributed by atoms with Crippen molar-refractivity contribution >= 4 is 48.6 Å². The van der Waals surface area contributed by atoms with Crippen LogP contribution in [0.2, 0.25) is 0 Å². The number of aromatic nitrogens is 2. The van der Waals surface area contributed by atoms with Gasteiger partial charge in [-0.05, 0) is 40.9 Å². The molecule has 2 aromatic heterocycles. The van der Waals surface area contributed by atoms with Gasteiger partial charge in [0.05, 0.1) is 11.2 Å². The van der Waals surface area contributed by atoms with E-state index in [9.17, 15) is 0 Å². The Balaban J connectivity index is 2.33. The molecule has 2 aromatic rings. The minimum atomic E-state index is 0.375. The molecule has 2 unspecified atom stereocenters. The van der Waals surface area contributed by atoms with Gasteiger partial charge in [0.15, 0.2) is 0 Å². The normalized spacial score (nSPS) is 14.4. The lowest BCUT2D eigenvalue weighted by Gasteiger charge is -2.21. The van der Waals surface area contributed by atoms with Crippen molar-refractivity contribution in [1.29, 1.82) is 0 Å². The summed E-state index contributed by atoms with van der Waals surface area (Å²) in [4.78, 5) is 8.77. The van der Waals surface area contributed by atoms with Crippen molar-refractivity contribution in [3.8, 4) is 0 Å². The maximum atomic E-state index is 4.44. The molecule has 0 aromatic carbocycles. The van der Waals surface area contributed by atoms with E-state index in [-0.39, 0.29) is 0 Å². The van der Waals surface area contributed by atoms with Crippen molar-refractivity contribution in [3.05, 3.63) is 29.0 Å². The summed E-state index contributed by atoms with van der Waals surface area (Å²) >= 11 is 6.93. The van der Waals surface area contributed by atoms with Crippen molar-refractivity contribution in [3.63, 3.8) is 0 Å². The maximum Gasteiger partial charge on any atom is 0.112 e. The highest BCUT2D eigenvalue weighted by Gasteiger charge is 2.12. The van der Waals surface area contributed by atoms with Crippen LogP contribution in [0.15, 0.2) is 29.0 Å². The molecule has 0 bridgehead atoms. The Bertz CT molecular complexity index is 545. The molecular weight excluding hydrogens is 358 g/mol. The molecule has 3 nitrogen and oxygen atoms in total. The Morgan fingerprint density at radius 1 is 1.33 bits per heavy atom. The van der Waals surface area contributed by atoms with Gasteiger partial charge in [0.1, 0.15) is 5.52 Å². The number of hydrogen-bond donors (Lipinski definition) is 1. The monoisotopic (exact) mass is 371 g/mol. The van der Waals surface area contributed by atoms with Gasteiger partial charge < -0.3 is 5.32 Å². The molecule has 0 aliphatic heterocycles. The van der Waals surface area contributed by atoms with Crippen LogP contribution in [0.4, 0.5) is 5.69 Å². The van der Waals surface area contributed by atoms with Gasteiger partial charge in [-0.15, -0.1) is 0 Å². The van der Waals surface area contributed by atoms with E-state index in [0.717, 1.165) is 26.5 Å².